The highest BCUT2D eigenvalue weighted by Crippen LogP contribution is 2.39. The molecule has 0 atom stereocenters. The maximum absolute atomic E-state index is 13.1. The minimum Gasteiger partial charge on any atom is -0.461 e. The molecule has 1 amide bonds. The Kier molecular flexibility index (Phi) is 5.13. The summed E-state index contributed by atoms with van der Waals surface area (Å²) in [6.07, 6.45) is 4.79. The number of rotatable bonds is 5. The van der Waals surface area contributed by atoms with E-state index < -0.39 is 20.7 Å². The highest BCUT2D eigenvalue weighted by molar-refractivity contribution is 7.90. The molecule has 0 bridgehead atoms. The monoisotopic (exact) mass is 464 g/mol. The van der Waals surface area contributed by atoms with E-state index in [1.54, 1.807) is 30.3 Å². The number of fused-ring (bicyclic) bond motifs is 2. The summed E-state index contributed by atoms with van der Waals surface area (Å²) >= 11 is 0. The van der Waals surface area contributed by atoms with Crippen molar-refractivity contribution in [2.45, 2.75) is 36.3 Å². The third kappa shape index (κ3) is 3.84. The molecular weight excluding hydrogens is 444 g/mol. The van der Waals surface area contributed by atoms with Crippen LogP contribution in [-0.2, 0) is 33.2 Å². The number of nitro groups is 1. The Labute approximate surface area is 190 Å². The average Bonchev–Trinajstić information content (AvgIpc) is 3.30. The number of nitrogens with zero attached hydrogens (tertiary/aromatic N) is 1. The number of carbonyl (C=O) groups excluding carboxylic acids is 1. The second-order valence-electron chi connectivity index (χ2n) is 8.12. The number of aryl methyl sites for hydroxylation is 1. The Morgan fingerprint density at radius 2 is 1.85 bits per heavy atom. The molecule has 0 radical (unpaired) electrons. The number of benzene rings is 2. The second-order valence-corrected chi connectivity index (χ2v) is 10.1. The number of nitro benzene ring substituents is 1. The summed E-state index contributed by atoms with van der Waals surface area (Å²) in [7, 11) is -3.64. The third-order valence-electron chi connectivity index (χ3n) is 6.02. The number of hydrogen-bond donors (Lipinski definition) is 1. The minimum atomic E-state index is -3.64. The van der Waals surface area contributed by atoms with E-state index >= 15 is 0 Å². The molecule has 33 heavy (non-hydrogen) atoms. The highest BCUT2D eigenvalue weighted by atomic mass is 32.2. The standard InChI is InChI=1S/C24H20N2O6S/c27-24-19(18-12-15(26(28)29)10-11-21(18)25-24)13-23-20(17-8-4-5-9-22(17)32-23)14-33(30,31)16-6-2-1-3-7-16/h1-3,6-7,10-13H,4-5,8-9,14H2,(H,25,27). The Morgan fingerprint density at radius 1 is 1.09 bits per heavy atom. The number of hydrogen-bond acceptors (Lipinski definition) is 6. The lowest BCUT2D eigenvalue weighted by Crippen LogP contribution is -2.09. The maximum Gasteiger partial charge on any atom is 0.270 e. The summed E-state index contributed by atoms with van der Waals surface area (Å²) in [5, 5.41) is 13.9. The topological polar surface area (TPSA) is 120 Å². The molecule has 8 nitrogen and oxygen atoms in total. The number of non-ortho nitro benzene ring substituents is 1. The van der Waals surface area contributed by atoms with Crippen molar-refractivity contribution < 1.29 is 22.6 Å². The van der Waals surface area contributed by atoms with Crippen molar-refractivity contribution >= 4 is 38.8 Å². The fraction of sp³-hybridized carbons (Fsp3) is 0.208. The second kappa shape index (κ2) is 8.00. The van der Waals surface area contributed by atoms with Crippen LogP contribution in [0.15, 0.2) is 57.8 Å². The van der Waals surface area contributed by atoms with Crippen molar-refractivity contribution in [2.24, 2.45) is 0 Å². The van der Waals surface area contributed by atoms with Gasteiger partial charge in [-0.3, -0.25) is 14.9 Å². The van der Waals surface area contributed by atoms with Crippen molar-refractivity contribution in [3.63, 3.8) is 0 Å². The third-order valence-corrected chi connectivity index (χ3v) is 7.68. The summed E-state index contributed by atoms with van der Waals surface area (Å²) < 4.78 is 32.3. The first-order chi connectivity index (χ1) is 15.8. The van der Waals surface area contributed by atoms with Crippen LogP contribution >= 0.6 is 0 Å². The summed E-state index contributed by atoms with van der Waals surface area (Å²) in [4.78, 5) is 23.6. The average molecular weight is 464 g/mol. The molecule has 3 aromatic rings. The van der Waals surface area contributed by atoms with Crippen molar-refractivity contribution in [3.8, 4) is 0 Å². The van der Waals surface area contributed by atoms with Crippen LogP contribution in [0.4, 0.5) is 11.4 Å². The number of sulfone groups is 1. The minimum absolute atomic E-state index is 0.137. The Hall–Kier alpha value is -3.72. The number of amides is 1. The van der Waals surface area contributed by atoms with Crippen LogP contribution in [0.5, 0.6) is 0 Å². The van der Waals surface area contributed by atoms with E-state index in [1.807, 2.05) is 0 Å². The highest BCUT2D eigenvalue weighted by Gasteiger charge is 2.30. The summed E-state index contributed by atoms with van der Waals surface area (Å²) in [5.74, 6) is 0.380. The number of carbonyl (C=O) groups is 1. The van der Waals surface area contributed by atoms with Gasteiger partial charge in [0.25, 0.3) is 11.6 Å². The smallest absolute Gasteiger partial charge is 0.270 e. The number of nitrogens with one attached hydrogen (secondary N) is 1. The molecule has 1 aliphatic carbocycles. The first-order valence-electron chi connectivity index (χ1n) is 10.6. The SMILES string of the molecule is O=C1Nc2ccc([N+](=O)[O-])cc2C1=Cc1oc2c(c1CS(=O)(=O)c1ccccc1)CCCC2. The van der Waals surface area contributed by atoms with E-state index in [1.165, 1.54) is 24.3 Å². The molecular formula is C24H20N2O6S. The molecule has 9 heteroatoms. The predicted octanol–water partition coefficient (Wildman–Crippen LogP) is 4.53. The molecule has 1 N–H and O–H groups in total. The molecule has 168 valence electrons. The van der Waals surface area contributed by atoms with Gasteiger partial charge in [0.2, 0.25) is 0 Å². The number of furan rings is 1. The van der Waals surface area contributed by atoms with E-state index in [0.29, 0.717) is 35.4 Å². The molecule has 0 saturated heterocycles. The zero-order valence-electron chi connectivity index (χ0n) is 17.5. The molecule has 0 spiro atoms. The van der Waals surface area contributed by atoms with Gasteiger partial charge in [-0.25, -0.2) is 8.42 Å². The lowest BCUT2D eigenvalue weighted by molar-refractivity contribution is -0.384. The Balaban J connectivity index is 1.63. The molecule has 0 unspecified atom stereocenters. The van der Waals surface area contributed by atoms with E-state index in [9.17, 15) is 23.3 Å². The number of anilines is 1. The van der Waals surface area contributed by atoms with E-state index in [0.717, 1.165) is 24.2 Å². The zero-order valence-corrected chi connectivity index (χ0v) is 18.4. The normalized spacial score (nSPS) is 16.4. The quantitative estimate of drug-likeness (QED) is 0.336. The molecule has 2 aromatic carbocycles. The predicted molar refractivity (Wildman–Crippen MR) is 122 cm³/mol. The van der Waals surface area contributed by atoms with Crippen molar-refractivity contribution in [1.82, 2.24) is 0 Å². The lowest BCUT2D eigenvalue weighted by Gasteiger charge is -2.11. The van der Waals surface area contributed by atoms with E-state index in [2.05, 4.69) is 5.32 Å². The van der Waals surface area contributed by atoms with Crippen LogP contribution in [0, 0.1) is 10.1 Å². The van der Waals surface area contributed by atoms with Crippen LogP contribution in [0.25, 0.3) is 11.6 Å². The van der Waals surface area contributed by atoms with Crippen LogP contribution in [-0.4, -0.2) is 19.2 Å². The van der Waals surface area contributed by atoms with Crippen molar-refractivity contribution in [2.75, 3.05) is 5.32 Å². The van der Waals surface area contributed by atoms with Gasteiger partial charge in [-0.1, -0.05) is 18.2 Å². The van der Waals surface area contributed by atoms with Gasteiger partial charge in [-0.05, 0) is 49.1 Å². The Morgan fingerprint density at radius 3 is 2.61 bits per heavy atom. The van der Waals surface area contributed by atoms with Crippen LogP contribution in [0.1, 0.15) is 41.1 Å². The molecule has 2 aliphatic rings. The van der Waals surface area contributed by atoms with Gasteiger partial charge in [0.15, 0.2) is 9.84 Å². The first kappa shape index (κ1) is 21.1. The molecule has 0 saturated carbocycles. The molecule has 1 aromatic heterocycles. The summed E-state index contributed by atoms with van der Waals surface area (Å²) in [5.41, 5.74) is 2.35. The summed E-state index contributed by atoms with van der Waals surface area (Å²) in [6, 6.07) is 12.4. The lowest BCUT2D eigenvalue weighted by atomic mass is 9.95. The van der Waals surface area contributed by atoms with Gasteiger partial charge < -0.3 is 9.73 Å². The van der Waals surface area contributed by atoms with Gasteiger partial charge in [-0.2, -0.15) is 0 Å². The molecule has 2 heterocycles. The van der Waals surface area contributed by atoms with Crippen LogP contribution in [0.2, 0.25) is 0 Å². The molecule has 5 rings (SSSR count). The van der Waals surface area contributed by atoms with Crippen molar-refractivity contribution in [1.29, 1.82) is 0 Å². The fourth-order valence-corrected chi connectivity index (χ4v) is 5.83. The van der Waals surface area contributed by atoms with Crippen molar-refractivity contribution in [3.05, 3.63) is 86.9 Å². The maximum atomic E-state index is 13.1. The van der Waals surface area contributed by atoms with Gasteiger partial charge >= 0.3 is 0 Å². The zero-order chi connectivity index (χ0) is 23.2. The van der Waals surface area contributed by atoms with Gasteiger partial charge in [0.1, 0.15) is 11.5 Å². The molecule has 1 aliphatic heterocycles. The van der Waals surface area contributed by atoms with E-state index in [4.69, 9.17) is 4.42 Å². The van der Waals surface area contributed by atoms with Crippen LogP contribution in [0.3, 0.4) is 0 Å². The van der Waals surface area contributed by atoms with Gasteiger partial charge in [0, 0.05) is 35.4 Å². The fourth-order valence-electron chi connectivity index (χ4n) is 4.39. The van der Waals surface area contributed by atoms with E-state index in [-0.39, 0.29) is 21.9 Å². The van der Waals surface area contributed by atoms with Gasteiger partial charge in [0.05, 0.1) is 21.1 Å². The summed E-state index contributed by atoms with van der Waals surface area (Å²) in [6.45, 7) is 0. The van der Waals surface area contributed by atoms with Gasteiger partial charge in [-0.15, -0.1) is 0 Å². The Bertz CT molecular complexity index is 1420. The molecule has 0 fully saturated rings. The largest absolute Gasteiger partial charge is 0.461 e. The van der Waals surface area contributed by atoms with Crippen LogP contribution < -0.4 is 5.32 Å². The first-order valence-corrected chi connectivity index (χ1v) is 12.2.